The zero-order valence-corrected chi connectivity index (χ0v) is 19.9. The Kier molecular flexibility index (Phi) is 6.66. The fraction of sp³-hybridized carbons (Fsp3) is 0.160. The number of benzene rings is 3. The van der Waals surface area contributed by atoms with Crippen molar-refractivity contribution >= 4 is 38.5 Å². The Balaban J connectivity index is 1.76. The highest BCUT2D eigenvalue weighted by molar-refractivity contribution is 7.90. The first kappa shape index (κ1) is 24.8. The smallest absolute Gasteiger partial charge is 0.416 e. The molecule has 5 nitrogen and oxygen atoms in total. The van der Waals surface area contributed by atoms with Gasteiger partial charge in [-0.3, -0.25) is 4.79 Å². The molecule has 0 spiro atoms. The summed E-state index contributed by atoms with van der Waals surface area (Å²) >= 11 is 6.13. The summed E-state index contributed by atoms with van der Waals surface area (Å²) in [5, 5.41) is 1.00. The van der Waals surface area contributed by atoms with Crippen molar-refractivity contribution in [3.63, 3.8) is 0 Å². The van der Waals surface area contributed by atoms with Crippen LogP contribution < -0.4 is 0 Å². The van der Waals surface area contributed by atoms with Gasteiger partial charge in [0.25, 0.3) is 10.0 Å². The molecular weight excluding hydrogens is 503 g/mol. The fourth-order valence-electron chi connectivity index (χ4n) is 3.78. The Morgan fingerprint density at radius 3 is 2.37 bits per heavy atom. The summed E-state index contributed by atoms with van der Waals surface area (Å²) in [4.78, 5) is 11.6. The quantitative estimate of drug-likeness (QED) is 0.278. The summed E-state index contributed by atoms with van der Waals surface area (Å²) in [5.41, 5.74) is 1.09. The van der Waals surface area contributed by atoms with Crippen molar-refractivity contribution in [1.82, 2.24) is 3.97 Å². The molecule has 1 heterocycles. The van der Waals surface area contributed by atoms with Crippen LogP contribution in [0.3, 0.4) is 0 Å². The Hall–Kier alpha value is -3.30. The molecule has 10 heteroatoms. The molecule has 0 aliphatic heterocycles. The zero-order valence-electron chi connectivity index (χ0n) is 18.3. The number of rotatable bonds is 6. The number of alkyl halides is 3. The molecule has 0 fully saturated rings. The van der Waals surface area contributed by atoms with E-state index in [9.17, 15) is 26.4 Å². The van der Waals surface area contributed by atoms with Crippen LogP contribution in [-0.4, -0.2) is 25.5 Å². The number of halogens is 4. The minimum atomic E-state index is -4.46. The Morgan fingerprint density at radius 2 is 1.71 bits per heavy atom. The number of nitrogens with zero attached hydrogens (tertiary/aromatic N) is 1. The van der Waals surface area contributed by atoms with Crippen LogP contribution in [0.15, 0.2) is 77.8 Å². The molecule has 0 aliphatic carbocycles. The van der Waals surface area contributed by atoms with Crippen LogP contribution in [0.5, 0.6) is 0 Å². The van der Waals surface area contributed by atoms with E-state index >= 15 is 0 Å². The number of carbonyl (C=O) groups excluding carboxylic acids is 1. The lowest BCUT2D eigenvalue weighted by Gasteiger charge is -2.11. The minimum Gasteiger partial charge on any atom is -0.469 e. The number of aromatic nitrogens is 1. The Labute approximate surface area is 204 Å². The fourth-order valence-corrected chi connectivity index (χ4v) is 5.39. The van der Waals surface area contributed by atoms with E-state index in [0.29, 0.717) is 32.6 Å². The molecule has 0 saturated carbocycles. The van der Waals surface area contributed by atoms with Crippen molar-refractivity contribution in [1.29, 1.82) is 0 Å². The van der Waals surface area contributed by atoms with E-state index in [1.54, 1.807) is 24.3 Å². The second-order valence-corrected chi connectivity index (χ2v) is 10.0. The van der Waals surface area contributed by atoms with Gasteiger partial charge in [0.2, 0.25) is 0 Å². The van der Waals surface area contributed by atoms with Gasteiger partial charge < -0.3 is 4.74 Å². The molecule has 0 unspecified atom stereocenters. The minimum absolute atomic E-state index is 0.0405. The molecule has 0 amide bonds. The van der Waals surface area contributed by atoms with Gasteiger partial charge in [0.05, 0.1) is 23.1 Å². The van der Waals surface area contributed by atoms with E-state index in [0.717, 1.165) is 16.1 Å². The van der Waals surface area contributed by atoms with E-state index in [1.807, 2.05) is 0 Å². The van der Waals surface area contributed by atoms with E-state index in [1.165, 1.54) is 43.6 Å². The van der Waals surface area contributed by atoms with Crippen molar-refractivity contribution in [2.45, 2.75) is 23.9 Å². The Bertz CT molecular complexity index is 1510. The summed E-state index contributed by atoms with van der Waals surface area (Å²) in [6.45, 7) is 0. The SMILES string of the molecule is COC(=O)CCc1cn(S(=O)(=O)c2cccc(-c3ccc(C(F)(F)F)cc3)c2)c2ccc(Cl)cc12. The number of esters is 1. The van der Waals surface area contributed by atoms with Gasteiger partial charge in [0.15, 0.2) is 0 Å². The molecular formula is C25H19ClF3NO4S. The number of carbonyl (C=O) groups is 1. The van der Waals surface area contributed by atoms with Gasteiger partial charge in [-0.2, -0.15) is 13.2 Å². The van der Waals surface area contributed by atoms with Gasteiger partial charge in [-0.05, 0) is 65.6 Å². The normalized spacial score (nSPS) is 12.1. The maximum absolute atomic E-state index is 13.6. The molecule has 4 rings (SSSR count). The second-order valence-electron chi connectivity index (χ2n) is 7.80. The summed E-state index contributed by atoms with van der Waals surface area (Å²) in [6.07, 6.45) is -2.71. The molecule has 0 saturated heterocycles. The molecule has 0 atom stereocenters. The van der Waals surface area contributed by atoms with Gasteiger partial charge in [-0.25, -0.2) is 12.4 Å². The van der Waals surface area contributed by atoms with E-state index in [-0.39, 0.29) is 17.7 Å². The summed E-state index contributed by atoms with van der Waals surface area (Å²) < 4.78 is 71.7. The molecule has 0 radical (unpaired) electrons. The molecule has 0 aliphatic rings. The van der Waals surface area contributed by atoms with E-state index in [2.05, 4.69) is 4.74 Å². The molecule has 35 heavy (non-hydrogen) atoms. The van der Waals surface area contributed by atoms with Crippen LogP contribution in [0.4, 0.5) is 13.2 Å². The highest BCUT2D eigenvalue weighted by atomic mass is 35.5. The monoisotopic (exact) mass is 521 g/mol. The van der Waals surface area contributed by atoms with Crippen molar-refractivity contribution in [3.05, 3.63) is 89.1 Å². The number of ether oxygens (including phenoxy) is 1. The first-order chi connectivity index (χ1) is 16.5. The molecule has 0 bridgehead atoms. The Morgan fingerprint density at radius 1 is 1.00 bits per heavy atom. The average molecular weight is 522 g/mol. The average Bonchev–Trinajstić information content (AvgIpc) is 3.20. The van der Waals surface area contributed by atoms with E-state index in [4.69, 9.17) is 11.6 Å². The number of hydrogen-bond acceptors (Lipinski definition) is 4. The number of fused-ring (bicyclic) bond motifs is 1. The van der Waals surface area contributed by atoms with Crippen LogP contribution in [0.25, 0.3) is 22.0 Å². The maximum atomic E-state index is 13.6. The van der Waals surface area contributed by atoms with Gasteiger partial charge in [-0.15, -0.1) is 0 Å². The number of aryl methyl sites for hydroxylation is 1. The van der Waals surface area contributed by atoms with Gasteiger partial charge >= 0.3 is 12.1 Å². The highest BCUT2D eigenvalue weighted by Gasteiger charge is 2.30. The third kappa shape index (κ3) is 5.06. The number of hydrogen-bond donors (Lipinski definition) is 0. The standard InChI is InChI=1S/C25H19ClF3NO4S/c1-34-24(31)12-7-18-15-30(23-11-10-20(26)14-22(18)23)35(32,33)21-4-2-3-17(13-21)16-5-8-19(9-6-16)25(27,28)29/h2-6,8-11,13-15H,7,12H2,1H3. The second kappa shape index (κ2) is 9.39. The van der Waals surface area contributed by atoms with Crippen LogP contribution in [0.2, 0.25) is 5.02 Å². The maximum Gasteiger partial charge on any atom is 0.416 e. The molecule has 0 N–H and O–H groups in total. The third-order valence-electron chi connectivity index (χ3n) is 5.58. The lowest BCUT2D eigenvalue weighted by molar-refractivity contribution is -0.140. The zero-order chi connectivity index (χ0) is 25.4. The lowest BCUT2D eigenvalue weighted by Crippen LogP contribution is -2.12. The van der Waals surface area contributed by atoms with Crippen molar-refractivity contribution in [2.75, 3.05) is 7.11 Å². The number of methoxy groups -OCH3 is 1. The first-order valence-corrected chi connectivity index (χ1v) is 12.2. The molecule has 182 valence electrons. The van der Waals surface area contributed by atoms with Crippen LogP contribution in [0, 0.1) is 0 Å². The summed E-state index contributed by atoms with van der Waals surface area (Å²) in [6, 6.07) is 15.3. The first-order valence-electron chi connectivity index (χ1n) is 10.4. The molecule has 4 aromatic rings. The van der Waals surface area contributed by atoms with Crippen LogP contribution in [-0.2, 0) is 32.2 Å². The van der Waals surface area contributed by atoms with Crippen molar-refractivity contribution in [3.8, 4) is 11.1 Å². The molecule has 1 aromatic heterocycles. The summed E-state index contributed by atoms with van der Waals surface area (Å²) in [7, 11) is -2.81. The predicted octanol–water partition coefficient (Wildman–Crippen LogP) is 6.32. The van der Waals surface area contributed by atoms with Crippen molar-refractivity contribution in [2.24, 2.45) is 0 Å². The van der Waals surface area contributed by atoms with Crippen LogP contribution in [0.1, 0.15) is 17.5 Å². The highest BCUT2D eigenvalue weighted by Crippen LogP contribution is 2.33. The lowest BCUT2D eigenvalue weighted by atomic mass is 10.0. The third-order valence-corrected chi connectivity index (χ3v) is 7.48. The molecule has 3 aromatic carbocycles. The van der Waals surface area contributed by atoms with Crippen LogP contribution >= 0.6 is 11.6 Å². The van der Waals surface area contributed by atoms with E-state index < -0.39 is 27.7 Å². The van der Waals surface area contributed by atoms with Gasteiger partial charge in [0, 0.05) is 23.0 Å². The predicted molar refractivity (Wildman–Crippen MR) is 127 cm³/mol. The largest absolute Gasteiger partial charge is 0.469 e. The topological polar surface area (TPSA) is 65.4 Å². The van der Waals surface area contributed by atoms with Crippen molar-refractivity contribution < 1.29 is 31.1 Å². The van der Waals surface area contributed by atoms with Gasteiger partial charge in [0.1, 0.15) is 0 Å². The van der Waals surface area contributed by atoms with Gasteiger partial charge in [-0.1, -0.05) is 35.9 Å². The summed E-state index contributed by atoms with van der Waals surface area (Å²) in [5.74, 6) is -0.431.